The highest BCUT2D eigenvalue weighted by molar-refractivity contribution is 6.28. The molecule has 0 saturated carbocycles. The van der Waals surface area contributed by atoms with Crippen LogP contribution < -0.4 is 0 Å². The van der Waals surface area contributed by atoms with Crippen molar-refractivity contribution in [1.29, 1.82) is 0 Å². The van der Waals surface area contributed by atoms with Gasteiger partial charge in [-0.3, -0.25) is 9.55 Å². The maximum absolute atomic E-state index is 6.13. The smallest absolute Gasteiger partial charge is 0.225 e. The monoisotopic (exact) mass is 264 g/mol. The highest BCUT2D eigenvalue weighted by Gasteiger charge is 2.23. The van der Waals surface area contributed by atoms with Gasteiger partial charge >= 0.3 is 0 Å². The van der Waals surface area contributed by atoms with Gasteiger partial charge in [0.25, 0.3) is 0 Å². The third-order valence-electron chi connectivity index (χ3n) is 2.84. The van der Waals surface area contributed by atoms with Gasteiger partial charge in [0.1, 0.15) is 5.82 Å². The van der Waals surface area contributed by atoms with Crippen molar-refractivity contribution in [2.24, 2.45) is 0 Å². The summed E-state index contributed by atoms with van der Waals surface area (Å²) in [5, 5.41) is 8.58. The second-order valence-corrected chi connectivity index (χ2v) is 5.77. The molecule has 0 amide bonds. The largest absolute Gasteiger partial charge is 0.297 e. The van der Waals surface area contributed by atoms with Crippen LogP contribution in [0.15, 0.2) is 18.5 Å². The van der Waals surface area contributed by atoms with Gasteiger partial charge in [0.15, 0.2) is 0 Å². The van der Waals surface area contributed by atoms with E-state index in [9.17, 15) is 0 Å². The Morgan fingerprint density at radius 1 is 1.28 bits per heavy atom. The van der Waals surface area contributed by atoms with Crippen LogP contribution >= 0.6 is 11.6 Å². The first-order chi connectivity index (χ1) is 8.39. The van der Waals surface area contributed by atoms with Crippen LogP contribution in [0, 0.1) is 6.92 Å². The van der Waals surface area contributed by atoms with E-state index in [-0.39, 0.29) is 5.41 Å². The summed E-state index contributed by atoms with van der Waals surface area (Å²) in [6, 6.07) is 2.00. The third-order valence-corrected chi connectivity index (χ3v) is 3.12. The molecule has 0 N–H and O–H groups in total. The molecule has 0 atom stereocenters. The number of aryl methyl sites for hydroxylation is 1. The van der Waals surface area contributed by atoms with Crippen molar-refractivity contribution in [2.75, 3.05) is 0 Å². The molecule has 0 unspecified atom stereocenters. The molecule has 0 saturated heterocycles. The number of hydrogen-bond donors (Lipinski definition) is 0. The molecule has 0 bridgehead atoms. The Bertz CT molecular complexity index is 554. The van der Waals surface area contributed by atoms with Crippen LogP contribution in [0.2, 0.25) is 5.28 Å². The molecular formula is C13H17ClN4. The Labute approximate surface area is 112 Å². The van der Waals surface area contributed by atoms with Crippen LogP contribution in [0.1, 0.15) is 37.7 Å². The van der Waals surface area contributed by atoms with Crippen molar-refractivity contribution in [3.8, 4) is 0 Å². The lowest BCUT2D eigenvalue weighted by Gasteiger charge is -2.19. The van der Waals surface area contributed by atoms with Crippen LogP contribution in [0.5, 0.6) is 0 Å². The average Bonchev–Trinajstić information content (AvgIpc) is 2.63. The zero-order valence-corrected chi connectivity index (χ0v) is 11.9. The maximum atomic E-state index is 6.13. The molecule has 2 aromatic rings. The summed E-state index contributed by atoms with van der Waals surface area (Å²) in [5.74, 6) is 0.892. The predicted octanol–water partition coefficient (Wildman–Crippen LogP) is 2.98. The molecule has 5 heteroatoms. The number of hydrogen-bond acceptors (Lipinski definition) is 3. The summed E-state index contributed by atoms with van der Waals surface area (Å²) in [7, 11) is 0. The molecule has 0 spiro atoms. The second-order valence-electron chi connectivity index (χ2n) is 5.43. The van der Waals surface area contributed by atoms with Gasteiger partial charge in [-0.15, -0.1) is 10.2 Å². The van der Waals surface area contributed by atoms with E-state index in [1.807, 2.05) is 23.8 Å². The van der Waals surface area contributed by atoms with E-state index in [4.69, 9.17) is 11.6 Å². The Hall–Kier alpha value is -1.42. The minimum atomic E-state index is -0.0823. The van der Waals surface area contributed by atoms with Gasteiger partial charge in [0, 0.05) is 17.8 Å². The molecule has 0 aliphatic heterocycles. The first-order valence-corrected chi connectivity index (χ1v) is 6.26. The minimum absolute atomic E-state index is 0.0823. The van der Waals surface area contributed by atoms with Crippen molar-refractivity contribution in [3.63, 3.8) is 0 Å². The van der Waals surface area contributed by atoms with Crippen LogP contribution in [0.3, 0.4) is 0 Å². The Morgan fingerprint density at radius 3 is 2.61 bits per heavy atom. The molecule has 0 radical (unpaired) electrons. The van der Waals surface area contributed by atoms with E-state index >= 15 is 0 Å². The van der Waals surface area contributed by atoms with Gasteiger partial charge < -0.3 is 0 Å². The summed E-state index contributed by atoms with van der Waals surface area (Å²) in [6.07, 6.45) is 3.64. The first-order valence-electron chi connectivity index (χ1n) is 5.88. The number of nitrogens with zero attached hydrogens (tertiary/aromatic N) is 4. The topological polar surface area (TPSA) is 43.6 Å². The number of halogens is 1. The standard InChI is InChI=1S/C13H17ClN4/c1-9-7-15-6-5-10(9)8-18-11(13(2,3)4)16-17-12(18)14/h5-7H,8H2,1-4H3. The van der Waals surface area contributed by atoms with E-state index in [0.717, 1.165) is 11.4 Å². The van der Waals surface area contributed by atoms with E-state index < -0.39 is 0 Å². The molecule has 0 aliphatic carbocycles. The SMILES string of the molecule is Cc1cnccc1Cn1c(Cl)nnc1C(C)(C)C. The lowest BCUT2D eigenvalue weighted by molar-refractivity contribution is 0.509. The van der Waals surface area contributed by atoms with Gasteiger partial charge in [-0.05, 0) is 35.7 Å². The highest BCUT2D eigenvalue weighted by atomic mass is 35.5. The molecule has 0 fully saturated rings. The molecule has 2 rings (SSSR count). The van der Waals surface area contributed by atoms with Crippen LogP contribution in [0.4, 0.5) is 0 Å². The third kappa shape index (κ3) is 2.53. The summed E-state index contributed by atoms with van der Waals surface area (Å²) in [4.78, 5) is 4.09. The Balaban J connectivity index is 2.41. The lowest BCUT2D eigenvalue weighted by Crippen LogP contribution is -2.20. The van der Waals surface area contributed by atoms with E-state index in [2.05, 4.69) is 36.0 Å². The summed E-state index contributed by atoms with van der Waals surface area (Å²) < 4.78 is 1.95. The van der Waals surface area contributed by atoms with E-state index in [1.165, 1.54) is 5.56 Å². The van der Waals surface area contributed by atoms with Crippen molar-refractivity contribution in [2.45, 2.75) is 39.7 Å². The molecule has 2 aromatic heterocycles. The zero-order chi connectivity index (χ0) is 13.3. The van der Waals surface area contributed by atoms with Crippen molar-refractivity contribution < 1.29 is 0 Å². The molecular weight excluding hydrogens is 248 g/mol. The van der Waals surface area contributed by atoms with Gasteiger partial charge in [-0.2, -0.15) is 0 Å². The highest BCUT2D eigenvalue weighted by Crippen LogP contribution is 2.24. The maximum Gasteiger partial charge on any atom is 0.225 e. The first kappa shape index (κ1) is 13.0. The fourth-order valence-corrected chi connectivity index (χ4v) is 2.01. The quantitative estimate of drug-likeness (QED) is 0.838. The van der Waals surface area contributed by atoms with E-state index in [0.29, 0.717) is 11.8 Å². The molecule has 0 aliphatic rings. The average molecular weight is 265 g/mol. The van der Waals surface area contributed by atoms with Crippen molar-refractivity contribution in [1.82, 2.24) is 19.7 Å². The van der Waals surface area contributed by atoms with Crippen molar-refractivity contribution in [3.05, 3.63) is 40.7 Å². The van der Waals surface area contributed by atoms with Crippen LogP contribution in [0.25, 0.3) is 0 Å². The normalized spacial score (nSPS) is 11.8. The lowest BCUT2D eigenvalue weighted by atomic mass is 9.95. The predicted molar refractivity (Wildman–Crippen MR) is 71.8 cm³/mol. The van der Waals surface area contributed by atoms with E-state index in [1.54, 1.807) is 6.20 Å². The molecule has 0 aromatic carbocycles. The zero-order valence-electron chi connectivity index (χ0n) is 11.1. The van der Waals surface area contributed by atoms with Gasteiger partial charge in [0.2, 0.25) is 5.28 Å². The molecule has 2 heterocycles. The minimum Gasteiger partial charge on any atom is -0.297 e. The summed E-state index contributed by atoms with van der Waals surface area (Å²) in [5.41, 5.74) is 2.24. The van der Waals surface area contributed by atoms with Gasteiger partial charge in [-0.25, -0.2) is 0 Å². The van der Waals surface area contributed by atoms with Gasteiger partial charge in [0.05, 0.1) is 6.54 Å². The van der Waals surface area contributed by atoms with Crippen LogP contribution in [-0.4, -0.2) is 19.7 Å². The fraction of sp³-hybridized carbons (Fsp3) is 0.462. The summed E-state index contributed by atoms with van der Waals surface area (Å²) in [6.45, 7) is 9.01. The fourth-order valence-electron chi connectivity index (χ4n) is 1.83. The Kier molecular flexibility index (Phi) is 3.39. The Morgan fingerprint density at radius 2 is 2.00 bits per heavy atom. The molecule has 96 valence electrons. The number of pyridine rings is 1. The van der Waals surface area contributed by atoms with Crippen molar-refractivity contribution >= 4 is 11.6 Å². The molecule has 18 heavy (non-hydrogen) atoms. The van der Waals surface area contributed by atoms with Crippen LogP contribution in [-0.2, 0) is 12.0 Å². The summed E-state index contributed by atoms with van der Waals surface area (Å²) >= 11 is 6.13. The van der Waals surface area contributed by atoms with Gasteiger partial charge in [-0.1, -0.05) is 20.8 Å². The number of rotatable bonds is 2. The second kappa shape index (κ2) is 4.69. The molecule has 4 nitrogen and oxygen atoms in total. The number of aromatic nitrogens is 4.